The second-order valence-electron chi connectivity index (χ2n) is 6.06. The number of rotatable bonds is 2. The first kappa shape index (κ1) is 9.21. The third-order valence-electron chi connectivity index (χ3n) is 4.87. The second-order valence-corrected chi connectivity index (χ2v) is 6.06. The maximum Gasteiger partial charge on any atom is 0.0101 e. The molecule has 4 aliphatic carbocycles. The summed E-state index contributed by atoms with van der Waals surface area (Å²) in [4.78, 5) is 0. The zero-order valence-corrected chi connectivity index (χ0v) is 9.34. The Balaban J connectivity index is 1.53. The lowest BCUT2D eigenvalue weighted by Crippen LogP contribution is -2.52. The van der Waals surface area contributed by atoms with E-state index >= 15 is 0 Å². The molecule has 0 aromatic heterocycles. The molecule has 0 aliphatic heterocycles. The van der Waals surface area contributed by atoms with Crippen molar-refractivity contribution in [3.05, 3.63) is 0 Å². The van der Waals surface area contributed by atoms with Crippen molar-refractivity contribution in [3.63, 3.8) is 0 Å². The van der Waals surface area contributed by atoms with Crippen molar-refractivity contribution in [2.45, 2.75) is 64.0 Å². The Hall–Kier alpha value is -0.0400. The molecule has 1 N–H and O–H groups in total. The zero-order valence-electron chi connectivity index (χ0n) is 9.34. The van der Waals surface area contributed by atoms with Crippen molar-refractivity contribution in [3.8, 4) is 0 Å². The highest BCUT2D eigenvalue weighted by atomic mass is 15.0. The molecule has 0 spiro atoms. The Bertz CT molecular complexity index is 199. The predicted octanol–water partition coefficient (Wildman–Crippen LogP) is 2.95. The lowest BCUT2D eigenvalue weighted by Gasteiger charge is -2.46. The van der Waals surface area contributed by atoms with Crippen LogP contribution < -0.4 is 5.32 Å². The molecule has 14 heavy (non-hydrogen) atoms. The Labute approximate surface area is 87.7 Å². The molecule has 1 heteroatoms. The van der Waals surface area contributed by atoms with E-state index in [0.29, 0.717) is 0 Å². The predicted molar refractivity (Wildman–Crippen MR) is 59.2 cm³/mol. The maximum atomic E-state index is 3.92. The van der Waals surface area contributed by atoms with Gasteiger partial charge in [-0.3, -0.25) is 0 Å². The van der Waals surface area contributed by atoms with E-state index in [1.807, 2.05) is 0 Å². The van der Waals surface area contributed by atoms with E-state index in [9.17, 15) is 0 Å². The Morgan fingerprint density at radius 2 is 1.64 bits per heavy atom. The molecule has 0 aromatic rings. The molecule has 80 valence electrons. The van der Waals surface area contributed by atoms with Crippen molar-refractivity contribution in [2.75, 3.05) is 0 Å². The molecule has 2 bridgehead atoms. The van der Waals surface area contributed by atoms with Gasteiger partial charge in [-0.1, -0.05) is 19.8 Å². The van der Waals surface area contributed by atoms with Crippen LogP contribution in [0.4, 0.5) is 0 Å². The van der Waals surface area contributed by atoms with Crippen LogP contribution >= 0.6 is 0 Å². The second kappa shape index (κ2) is 3.52. The first-order valence-electron chi connectivity index (χ1n) is 6.57. The van der Waals surface area contributed by atoms with Crippen LogP contribution in [0.5, 0.6) is 0 Å². The van der Waals surface area contributed by atoms with Crippen LogP contribution in [0.1, 0.15) is 51.9 Å². The molecule has 4 saturated carbocycles. The third-order valence-corrected chi connectivity index (χ3v) is 4.87. The molecule has 4 aliphatic rings. The van der Waals surface area contributed by atoms with Gasteiger partial charge in [0, 0.05) is 12.1 Å². The monoisotopic (exact) mass is 193 g/mol. The fourth-order valence-electron chi connectivity index (χ4n) is 3.92. The van der Waals surface area contributed by atoms with E-state index in [1.165, 1.54) is 44.9 Å². The minimum absolute atomic E-state index is 0.884. The molecule has 4 fully saturated rings. The fraction of sp³-hybridized carbons (Fsp3) is 1.00. The summed E-state index contributed by atoms with van der Waals surface area (Å²) in [7, 11) is 0. The van der Waals surface area contributed by atoms with Gasteiger partial charge in [-0.15, -0.1) is 0 Å². The van der Waals surface area contributed by atoms with Crippen LogP contribution in [0.25, 0.3) is 0 Å². The Morgan fingerprint density at radius 3 is 2.14 bits per heavy atom. The quantitative estimate of drug-likeness (QED) is 0.711. The van der Waals surface area contributed by atoms with Crippen molar-refractivity contribution >= 4 is 0 Å². The summed E-state index contributed by atoms with van der Waals surface area (Å²) in [6.07, 6.45) is 10.5. The van der Waals surface area contributed by atoms with Gasteiger partial charge in [0.1, 0.15) is 0 Å². The van der Waals surface area contributed by atoms with Crippen molar-refractivity contribution in [1.82, 2.24) is 5.32 Å². The topological polar surface area (TPSA) is 12.0 Å². The molecule has 0 heterocycles. The molecule has 1 nitrogen and oxygen atoms in total. The molecule has 0 radical (unpaired) electrons. The average Bonchev–Trinajstić information content (AvgIpc) is 2.17. The summed E-state index contributed by atoms with van der Waals surface area (Å²) in [6.45, 7) is 2.38. The van der Waals surface area contributed by atoms with Crippen molar-refractivity contribution < 1.29 is 0 Å². The lowest BCUT2D eigenvalue weighted by molar-refractivity contribution is 0.0944. The van der Waals surface area contributed by atoms with E-state index < -0.39 is 0 Å². The van der Waals surface area contributed by atoms with Crippen LogP contribution in [-0.2, 0) is 0 Å². The third kappa shape index (κ3) is 1.60. The summed E-state index contributed by atoms with van der Waals surface area (Å²) in [5, 5.41) is 3.92. The minimum Gasteiger partial charge on any atom is -0.311 e. The van der Waals surface area contributed by atoms with Crippen molar-refractivity contribution in [2.24, 2.45) is 17.8 Å². The van der Waals surface area contributed by atoms with E-state index in [-0.39, 0.29) is 0 Å². The average molecular weight is 193 g/mol. The highest BCUT2D eigenvalue weighted by Crippen LogP contribution is 2.42. The molecule has 1 atom stereocenters. The van der Waals surface area contributed by atoms with Gasteiger partial charge >= 0.3 is 0 Å². The first-order chi connectivity index (χ1) is 6.81. The van der Waals surface area contributed by atoms with Crippen LogP contribution in [0.15, 0.2) is 0 Å². The van der Waals surface area contributed by atoms with Crippen LogP contribution in [0, 0.1) is 17.8 Å². The summed E-state index contributed by atoms with van der Waals surface area (Å²) < 4.78 is 0. The smallest absolute Gasteiger partial charge is 0.0101 e. The molecule has 0 amide bonds. The van der Waals surface area contributed by atoms with Gasteiger partial charge in [0.25, 0.3) is 0 Å². The number of fused-ring (bicyclic) bond motifs is 3. The van der Waals surface area contributed by atoms with Crippen molar-refractivity contribution in [1.29, 1.82) is 0 Å². The molecular formula is C13H23N. The van der Waals surface area contributed by atoms with Gasteiger partial charge in [-0.2, -0.15) is 0 Å². The van der Waals surface area contributed by atoms with Gasteiger partial charge in [-0.05, 0) is 49.9 Å². The van der Waals surface area contributed by atoms with E-state index in [0.717, 1.165) is 29.8 Å². The number of hydrogen-bond donors (Lipinski definition) is 1. The van der Waals surface area contributed by atoms with Gasteiger partial charge in [-0.25, -0.2) is 0 Å². The van der Waals surface area contributed by atoms with Crippen LogP contribution in [-0.4, -0.2) is 12.1 Å². The number of nitrogens with one attached hydrogen (secondary N) is 1. The first-order valence-corrected chi connectivity index (χ1v) is 6.57. The standard InChI is InChI=1S/C13H23N/c1-9-6-12(7-9)14-13-8-10-2-4-11(13)5-3-10/h9-14H,2-8H2,1H3. The number of hydrogen-bond acceptors (Lipinski definition) is 1. The molecule has 4 rings (SSSR count). The fourth-order valence-corrected chi connectivity index (χ4v) is 3.92. The van der Waals surface area contributed by atoms with E-state index in [4.69, 9.17) is 0 Å². The highest BCUT2D eigenvalue weighted by molar-refractivity contribution is 4.94. The van der Waals surface area contributed by atoms with Crippen LogP contribution in [0.2, 0.25) is 0 Å². The van der Waals surface area contributed by atoms with E-state index in [1.54, 1.807) is 0 Å². The Morgan fingerprint density at radius 1 is 0.929 bits per heavy atom. The molecule has 0 saturated heterocycles. The summed E-state index contributed by atoms with van der Waals surface area (Å²) in [6, 6.07) is 1.79. The minimum atomic E-state index is 0.884. The largest absolute Gasteiger partial charge is 0.311 e. The maximum absolute atomic E-state index is 3.92. The molecule has 0 aromatic carbocycles. The SMILES string of the molecule is CC1CC(NC2CC3CCC2CC3)C1. The molecular weight excluding hydrogens is 170 g/mol. The summed E-state index contributed by atoms with van der Waals surface area (Å²) >= 11 is 0. The van der Waals surface area contributed by atoms with E-state index in [2.05, 4.69) is 12.2 Å². The lowest BCUT2D eigenvalue weighted by atomic mass is 9.67. The van der Waals surface area contributed by atoms with Gasteiger partial charge in [0.2, 0.25) is 0 Å². The normalized spacial score (nSPS) is 51.6. The summed E-state index contributed by atoms with van der Waals surface area (Å²) in [5.41, 5.74) is 0. The zero-order chi connectivity index (χ0) is 9.54. The van der Waals surface area contributed by atoms with Gasteiger partial charge in [0.05, 0.1) is 0 Å². The van der Waals surface area contributed by atoms with Gasteiger partial charge in [0.15, 0.2) is 0 Å². The highest BCUT2D eigenvalue weighted by Gasteiger charge is 2.37. The molecule has 1 unspecified atom stereocenters. The van der Waals surface area contributed by atoms with Gasteiger partial charge < -0.3 is 5.32 Å². The van der Waals surface area contributed by atoms with Crippen LogP contribution in [0.3, 0.4) is 0 Å². The summed E-state index contributed by atoms with van der Waals surface area (Å²) in [5.74, 6) is 3.11. The Kier molecular flexibility index (Phi) is 2.31.